The molecule has 0 bridgehead atoms. The number of benzene rings is 1. The second-order valence-corrected chi connectivity index (χ2v) is 6.05. The minimum atomic E-state index is -4.95. The Morgan fingerprint density at radius 3 is 2.44 bits per heavy atom. The van der Waals surface area contributed by atoms with Gasteiger partial charge in [-0.15, -0.1) is 0 Å². The summed E-state index contributed by atoms with van der Waals surface area (Å²) in [4.78, 5) is 35.1. The Morgan fingerprint density at radius 2 is 1.92 bits per heavy atom. The summed E-state index contributed by atoms with van der Waals surface area (Å²) in [6.45, 7) is -0.0848. The molecule has 1 aliphatic heterocycles. The summed E-state index contributed by atoms with van der Waals surface area (Å²) >= 11 is 0. The van der Waals surface area contributed by atoms with Crippen LogP contribution in [0.5, 0.6) is 0 Å². The molecule has 0 spiro atoms. The van der Waals surface area contributed by atoms with Crippen LogP contribution in [0.2, 0.25) is 0 Å². The second-order valence-electron chi connectivity index (χ2n) is 4.76. The fraction of sp³-hybridized carbons (Fsp3) is 0.308. The third-order valence-corrected chi connectivity index (χ3v) is 4.13. The molecule has 1 aromatic rings. The molecule has 1 heterocycles. The van der Waals surface area contributed by atoms with E-state index in [-0.39, 0.29) is 41.9 Å². The summed E-state index contributed by atoms with van der Waals surface area (Å²) in [6.07, 6.45) is -1.03. The molecule has 2 amide bonds. The molecule has 1 aliphatic rings. The van der Waals surface area contributed by atoms with Crippen LogP contribution < -0.4 is 34.9 Å². The Kier molecular flexibility index (Phi) is 7.38. The van der Waals surface area contributed by atoms with Gasteiger partial charge in [-0.2, -0.15) is 12.7 Å². The molecule has 0 saturated carbocycles. The van der Waals surface area contributed by atoms with Crippen LogP contribution in [0.1, 0.15) is 6.99 Å². The monoisotopic (exact) mass is 382 g/mol. The SMILES string of the molecule is COC(=O)C1C(NC(=O)OCc2ccccc2)C(=O)N1S(=O)(=O)O.[H-].[Na+]. The van der Waals surface area contributed by atoms with E-state index in [4.69, 9.17) is 9.29 Å². The molecule has 2 unspecified atom stereocenters. The standard InChI is InChI=1S/C13H14N2O8S.Na.H/c1-22-12(17)10-9(11(16)15(10)24(19,20)21)14-13(18)23-7-8-5-3-2-4-6-8;;/h2-6,9-10H,7H2,1H3,(H,14,18)(H,19,20,21);;/q;+1;-1. The number of ether oxygens (including phenoxy) is 2. The maximum absolute atomic E-state index is 11.8. The van der Waals surface area contributed by atoms with E-state index in [1.807, 2.05) is 0 Å². The van der Waals surface area contributed by atoms with Crippen LogP contribution in [-0.2, 0) is 36.0 Å². The Labute approximate surface area is 167 Å². The molecule has 10 nitrogen and oxygen atoms in total. The summed E-state index contributed by atoms with van der Waals surface area (Å²) in [7, 11) is -3.98. The van der Waals surface area contributed by atoms with Gasteiger partial charge in [0.2, 0.25) is 0 Å². The zero-order valence-electron chi connectivity index (χ0n) is 14.4. The molecule has 2 atom stereocenters. The number of β-lactam (4-membered cyclic amide) rings is 1. The predicted octanol–water partition coefficient (Wildman–Crippen LogP) is -3.42. The molecule has 25 heavy (non-hydrogen) atoms. The Balaban J connectivity index is 0.00000312. The fourth-order valence-corrected chi connectivity index (χ4v) is 2.94. The van der Waals surface area contributed by atoms with Gasteiger partial charge in [-0.1, -0.05) is 30.3 Å². The summed E-state index contributed by atoms with van der Waals surface area (Å²) < 4.78 is 40.3. The first-order valence-corrected chi connectivity index (χ1v) is 8.01. The van der Waals surface area contributed by atoms with Crippen molar-refractivity contribution in [2.45, 2.75) is 18.7 Å². The van der Waals surface area contributed by atoms with E-state index in [9.17, 15) is 22.8 Å². The summed E-state index contributed by atoms with van der Waals surface area (Å²) in [5, 5.41) is 2.08. The van der Waals surface area contributed by atoms with E-state index in [2.05, 4.69) is 10.1 Å². The number of methoxy groups -OCH3 is 1. The van der Waals surface area contributed by atoms with E-state index in [0.717, 1.165) is 7.11 Å². The number of hydrogen-bond donors (Lipinski definition) is 2. The van der Waals surface area contributed by atoms with Crippen LogP contribution in [-0.4, -0.2) is 54.4 Å². The summed E-state index contributed by atoms with van der Waals surface area (Å²) in [5.74, 6) is -2.29. The first kappa shape index (κ1) is 21.4. The van der Waals surface area contributed by atoms with Crippen molar-refractivity contribution in [2.75, 3.05) is 7.11 Å². The number of nitrogens with one attached hydrogen (secondary N) is 1. The number of alkyl carbamates (subject to hydrolysis) is 1. The first-order chi connectivity index (χ1) is 11.3. The number of hydrogen-bond acceptors (Lipinski definition) is 7. The molecule has 1 aromatic carbocycles. The molecule has 0 aliphatic carbocycles. The first-order valence-electron chi connectivity index (χ1n) is 6.61. The van der Waals surface area contributed by atoms with Crippen LogP contribution in [0.15, 0.2) is 30.3 Å². The largest absolute Gasteiger partial charge is 1.00 e. The van der Waals surface area contributed by atoms with Crippen molar-refractivity contribution < 1.29 is 67.8 Å². The van der Waals surface area contributed by atoms with Gasteiger partial charge in [0.25, 0.3) is 5.91 Å². The van der Waals surface area contributed by atoms with E-state index < -0.39 is 40.4 Å². The fourth-order valence-electron chi connectivity index (χ4n) is 2.10. The molecule has 0 radical (unpaired) electrons. The maximum Gasteiger partial charge on any atom is 1.00 e. The molecule has 0 aromatic heterocycles. The van der Waals surface area contributed by atoms with Gasteiger partial charge in [0.15, 0.2) is 6.04 Å². The quantitative estimate of drug-likeness (QED) is 0.232. The van der Waals surface area contributed by atoms with Gasteiger partial charge in [0, 0.05) is 0 Å². The van der Waals surface area contributed by atoms with Gasteiger partial charge in [0.1, 0.15) is 12.6 Å². The van der Waals surface area contributed by atoms with E-state index in [1.165, 1.54) is 0 Å². The average molecular weight is 382 g/mol. The van der Waals surface area contributed by atoms with Crippen molar-refractivity contribution in [2.24, 2.45) is 0 Å². The summed E-state index contributed by atoms with van der Waals surface area (Å²) in [6, 6.07) is 5.47. The molecule has 132 valence electrons. The predicted molar refractivity (Wildman–Crippen MR) is 78.9 cm³/mol. The van der Waals surface area contributed by atoms with E-state index in [0.29, 0.717) is 5.56 Å². The molecular weight excluding hydrogens is 367 g/mol. The van der Waals surface area contributed by atoms with Crippen molar-refractivity contribution in [3.8, 4) is 0 Å². The average Bonchev–Trinajstić information content (AvgIpc) is 2.54. The van der Waals surface area contributed by atoms with Gasteiger partial charge in [-0.3, -0.25) is 9.35 Å². The molecule has 2 N–H and O–H groups in total. The number of esters is 1. The number of amides is 2. The maximum atomic E-state index is 11.8. The van der Waals surface area contributed by atoms with Crippen LogP contribution in [0.25, 0.3) is 0 Å². The van der Waals surface area contributed by atoms with Gasteiger partial charge in [-0.25, -0.2) is 9.59 Å². The Bertz CT molecular complexity index is 761. The van der Waals surface area contributed by atoms with Crippen molar-refractivity contribution in [1.29, 1.82) is 0 Å². The molecular formula is C13H15N2NaO8S. The van der Waals surface area contributed by atoms with Crippen molar-refractivity contribution >= 4 is 28.3 Å². The minimum Gasteiger partial charge on any atom is -1.00 e. The molecule has 1 saturated heterocycles. The van der Waals surface area contributed by atoms with Crippen LogP contribution in [0.4, 0.5) is 4.79 Å². The zero-order chi connectivity index (χ0) is 17.9. The van der Waals surface area contributed by atoms with E-state index >= 15 is 0 Å². The summed E-state index contributed by atoms with van der Waals surface area (Å²) in [5.41, 5.74) is 0.691. The number of carbonyl (C=O) groups excluding carboxylic acids is 3. The van der Waals surface area contributed by atoms with Crippen LogP contribution in [0.3, 0.4) is 0 Å². The van der Waals surface area contributed by atoms with Crippen molar-refractivity contribution in [3.05, 3.63) is 35.9 Å². The number of rotatable bonds is 5. The minimum absolute atomic E-state index is 0. The molecule has 2 rings (SSSR count). The molecule has 12 heteroatoms. The smallest absolute Gasteiger partial charge is 1.00 e. The van der Waals surface area contributed by atoms with E-state index in [1.54, 1.807) is 30.3 Å². The van der Waals surface area contributed by atoms with Crippen molar-refractivity contribution in [3.63, 3.8) is 0 Å². The van der Waals surface area contributed by atoms with Gasteiger partial charge in [-0.05, 0) is 5.56 Å². The second kappa shape index (κ2) is 8.63. The Hall–Kier alpha value is -1.66. The number of nitrogens with zero attached hydrogens (tertiary/aromatic N) is 1. The Morgan fingerprint density at radius 1 is 1.32 bits per heavy atom. The third kappa shape index (κ3) is 4.92. The topological polar surface area (TPSA) is 139 Å². The van der Waals surface area contributed by atoms with Crippen molar-refractivity contribution in [1.82, 2.24) is 9.62 Å². The molecule has 1 fully saturated rings. The third-order valence-electron chi connectivity index (χ3n) is 3.23. The normalized spacial score (nSPS) is 19.3. The van der Waals surface area contributed by atoms with Gasteiger partial charge >= 0.3 is 51.9 Å². The number of carbonyl (C=O) groups is 3. The zero-order valence-corrected chi connectivity index (χ0v) is 16.2. The van der Waals surface area contributed by atoms with Crippen LogP contribution in [0, 0.1) is 0 Å². The van der Waals surface area contributed by atoms with Gasteiger partial charge < -0.3 is 16.2 Å². The van der Waals surface area contributed by atoms with Crippen LogP contribution >= 0.6 is 0 Å². The van der Waals surface area contributed by atoms with Gasteiger partial charge in [0.05, 0.1) is 7.11 Å².